The molecule has 0 bridgehead atoms. The van der Waals surface area contributed by atoms with E-state index in [1.807, 2.05) is 0 Å². The average Bonchev–Trinajstić information content (AvgIpc) is 3.20. The summed E-state index contributed by atoms with van der Waals surface area (Å²) in [5, 5.41) is 2.61. The molecule has 0 aliphatic carbocycles. The summed E-state index contributed by atoms with van der Waals surface area (Å²) in [5.41, 5.74) is 0.952. The van der Waals surface area contributed by atoms with Gasteiger partial charge in [0, 0.05) is 16.9 Å². The Morgan fingerprint density at radius 3 is 2.52 bits per heavy atom. The second-order valence-corrected chi connectivity index (χ2v) is 6.99. The Hall–Kier alpha value is -3.91. The molecule has 1 saturated heterocycles. The molecule has 1 fully saturated rings. The second-order valence-electron chi connectivity index (χ2n) is 6.55. The molecule has 0 unspecified atom stereocenters. The molecule has 1 aliphatic heterocycles. The highest BCUT2D eigenvalue weighted by Crippen LogP contribution is 2.29. The van der Waals surface area contributed by atoms with Crippen LogP contribution in [0.15, 0.2) is 66.4 Å². The Morgan fingerprint density at radius 2 is 1.81 bits per heavy atom. The summed E-state index contributed by atoms with van der Waals surface area (Å²) in [7, 11) is 1.51. The number of urea groups is 1. The Kier molecular flexibility index (Phi) is 5.31. The van der Waals surface area contributed by atoms with Gasteiger partial charge in [-0.05, 0) is 60.7 Å². The highest BCUT2D eigenvalue weighted by atomic mass is 35.5. The van der Waals surface area contributed by atoms with Crippen molar-refractivity contribution in [2.24, 2.45) is 0 Å². The number of hydrogen-bond acceptors (Lipinski definition) is 4. The maximum Gasteiger partial charge on any atom is 0.335 e. The summed E-state index contributed by atoms with van der Waals surface area (Å²) in [6, 6.07) is 12.3. The first-order valence-electron chi connectivity index (χ1n) is 9.07. The molecule has 4 rings (SSSR count). The van der Waals surface area contributed by atoms with Crippen LogP contribution in [0.4, 0.5) is 14.9 Å². The van der Waals surface area contributed by atoms with Crippen molar-refractivity contribution >= 4 is 41.2 Å². The zero-order valence-corrected chi connectivity index (χ0v) is 16.9. The lowest BCUT2D eigenvalue weighted by atomic mass is 10.1. The number of hydrogen-bond donors (Lipinski definition) is 1. The number of barbiturate groups is 1. The highest BCUT2D eigenvalue weighted by molar-refractivity contribution is 6.39. The van der Waals surface area contributed by atoms with Crippen LogP contribution in [0.5, 0.6) is 5.75 Å². The third-order valence-corrected chi connectivity index (χ3v) is 4.89. The predicted octanol–water partition coefficient (Wildman–Crippen LogP) is 3.94. The van der Waals surface area contributed by atoms with Gasteiger partial charge in [-0.25, -0.2) is 14.1 Å². The number of rotatable bonds is 4. The SMILES string of the molecule is COc1ccc(Cl)cc1-n1cccc1/C=C1/C(=O)NC(=O)N(c2ccc(F)cc2)C1=O. The van der Waals surface area contributed by atoms with Crippen LogP contribution in [0.25, 0.3) is 11.8 Å². The summed E-state index contributed by atoms with van der Waals surface area (Å²) in [6.45, 7) is 0. The van der Waals surface area contributed by atoms with Gasteiger partial charge in [-0.3, -0.25) is 14.9 Å². The van der Waals surface area contributed by atoms with Crippen molar-refractivity contribution in [1.29, 1.82) is 0 Å². The first-order valence-corrected chi connectivity index (χ1v) is 9.45. The molecular formula is C22H15ClFN3O4. The van der Waals surface area contributed by atoms with E-state index in [-0.39, 0.29) is 11.3 Å². The summed E-state index contributed by atoms with van der Waals surface area (Å²) in [4.78, 5) is 38.5. The number of carbonyl (C=O) groups excluding carboxylic acids is 3. The van der Waals surface area contributed by atoms with Gasteiger partial charge in [0.1, 0.15) is 17.1 Å². The summed E-state index contributed by atoms with van der Waals surface area (Å²) < 4.78 is 20.3. The lowest BCUT2D eigenvalue weighted by Gasteiger charge is -2.26. The van der Waals surface area contributed by atoms with E-state index in [1.54, 1.807) is 41.1 Å². The lowest BCUT2D eigenvalue weighted by Crippen LogP contribution is -2.54. The number of benzene rings is 2. The number of halogens is 2. The van der Waals surface area contributed by atoms with Gasteiger partial charge in [-0.15, -0.1) is 0 Å². The molecule has 0 spiro atoms. The van der Waals surface area contributed by atoms with E-state index in [1.165, 1.54) is 25.3 Å². The van der Waals surface area contributed by atoms with Crippen LogP contribution in [-0.2, 0) is 9.59 Å². The minimum atomic E-state index is -0.911. The van der Waals surface area contributed by atoms with E-state index in [0.717, 1.165) is 17.0 Å². The molecule has 1 N–H and O–H groups in total. The van der Waals surface area contributed by atoms with Gasteiger partial charge in [0.25, 0.3) is 11.8 Å². The van der Waals surface area contributed by atoms with E-state index in [2.05, 4.69) is 5.32 Å². The number of nitrogens with one attached hydrogen (secondary N) is 1. The number of imide groups is 2. The molecule has 1 aliphatic rings. The number of amides is 4. The molecule has 7 nitrogen and oxygen atoms in total. The number of methoxy groups -OCH3 is 1. The zero-order valence-electron chi connectivity index (χ0n) is 16.1. The van der Waals surface area contributed by atoms with E-state index >= 15 is 0 Å². The number of anilines is 1. The topological polar surface area (TPSA) is 80.6 Å². The second kappa shape index (κ2) is 8.08. The van der Waals surface area contributed by atoms with Crippen LogP contribution in [0.2, 0.25) is 5.02 Å². The fourth-order valence-electron chi connectivity index (χ4n) is 3.21. The number of aromatic nitrogens is 1. The maximum atomic E-state index is 13.2. The molecule has 0 saturated carbocycles. The van der Waals surface area contributed by atoms with Gasteiger partial charge in [0.2, 0.25) is 0 Å². The fraction of sp³-hybridized carbons (Fsp3) is 0.0455. The third kappa shape index (κ3) is 3.80. The van der Waals surface area contributed by atoms with Crippen molar-refractivity contribution in [3.05, 3.63) is 82.9 Å². The van der Waals surface area contributed by atoms with Crippen LogP contribution >= 0.6 is 11.6 Å². The fourth-order valence-corrected chi connectivity index (χ4v) is 3.38. The van der Waals surface area contributed by atoms with Gasteiger partial charge in [0.05, 0.1) is 18.5 Å². The number of carbonyl (C=O) groups is 3. The molecular weight excluding hydrogens is 425 g/mol. The molecule has 31 heavy (non-hydrogen) atoms. The zero-order chi connectivity index (χ0) is 22.1. The third-order valence-electron chi connectivity index (χ3n) is 4.66. The average molecular weight is 440 g/mol. The van der Waals surface area contributed by atoms with Crippen LogP contribution in [0, 0.1) is 5.82 Å². The van der Waals surface area contributed by atoms with Crippen molar-refractivity contribution in [3.8, 4) is 11.4 Å². The summed E-state index contributed by atoms with van der Waals surface area (Å²) >= 11 is 6.12. The van der Waals surface area contributed by atoms with E-state index < -0.39 is 23.7 Å². The van der Waals surface area contributed by atoms with E-state index in [9.17, 15) is 18.8 Å². The lowest BCUT2D eigenvalue weighted by molar-refractivity contribution is -0.122. The normalized spacial score (nSPS) is 15.4. The molecule has 156 valence electrons. The molecule has 2 heterocycles. The predicted molar refractivity (Wildman–Crippen MR) is 113 cm³/mol. The summed E-state index contributed by atoms with van der Waals surface area (Å²) in [5.74, 6) is -1.65. The minimum absolute atomic E-state index is 0.134. The molecule has 4 amide bonds. The largest absolute Gasteiger partial charge is 0.495 e. The first kappa shape index (κ1) is 20.4. The molecule has 9 heteroatoms. The molecule has 0 atom stereocenters. The Bertz CT molecular complexity index is 1230. The van der Waals surface area contributed by atoms with Crippen molar-refractivity contribution in [2.45, 2.75) is 0 Å². The molecule has 0 radical (unpaired) electrons. The molecule has 2 aromatic carbocycles. The quantitative estimate of drug-likeness (QED) is 0.493. The van der Waals surface area contributed by atoms with Crippen LogP contribution in [0.3, 0.4) is 0 Å². The van der Waals surface area contributed by atoms with E-state index in [4.69, 9.17) is 16.3 Å². The van der Waals surface area contributed by atoms with Crippen LogP contribution in [0.1, 0.15) is 5.69 Å². The van der Waals surface area contributed by atoms with Gasteiger partial charge in [-0.1, -0.05) is 11.6 Å². The molecule has 3 aromatic rings. The van der Waals surface area contributed by atoms with Crippen molar-refractivity contribution in [2.75, 3.05) is 12.0 Å². The van der Waals surface area contributed by atoms with Crippen molar-refractivity contribution < 1.29 is 23.5 Å². The van der Waals surface area contributed by atoms with Gasteiger partial charge < -0.3 is 9.30 Å². The Labute approximate surface area is 181 Å². The standard InChI is InChI=1S/C22H15ClFN3O4/c1-31-19-9-4-13(23)11-18(19)26-10-2-3-16(26)12-17-20(28)25-22(30)27(21(17)29)15-7-5-14(24)6-8-15/h2-12H,1H3,(H,25,28,30)/b17-12-. The van der Waals surface area contributed by atoms with E-state index in [0.29, 0.717) is 22.2 Å². The number of ether oxygens (including phenoxy) is 1. The molecule has 1 aromatic heterocycles. The van der Waals surface area contributed by atoms with Crippen LogP contribution < -0.4 is 15.0 Å². The smallest absolute Gasteiger partial charge is 0.335 e. The van der Waals surface area contributed by atoms with Crippen molar-refractivity contribution in [3.63, 3.8) is 0 Å². The maximum absolute atomic E-state index is 13.2. The summed E-state index contributed by atoms with van der Waals surface area (Å²) in [6.07, 6.45) is 3.08. The Balaban J connectivity index is 1.77. The minimum Gasteiger partial charge on any atom is -0.495 e. The highest BCUT2D eigenvalue weighted by Gasteiger charge is 2.37. The monoisotopic (exact) mass is 439 g/mol. The van der Waals surface area contributed by atoms with Crippen molar-refractivity contribution in [1.82, 2.24) is 9.88 Å². The Morgan fingerprint density at radius 1 is 1.06 bits per heavy atom. The number of nitrogens with zero attached hydrogens (tertiary/aromatic N) is 2. The van der Waals surface area contributed by atoms with Gasteiger partial charge in [-0.2, -0.15) is 0 Å². The first-order chi connectivity index (χ1) is 14.9. The van der Waals surface area contributed by atoms with Crippen LogP contribution in [-0.4, -0.2) is 29.5 Å². The van der Waals surface area contributed by atoms with Gasteiger partial charge in [0.15, 0.2) is 0 Å². The van der Waals surface area contributed by atoms with Gasteiger partial charge >= 0.3 is 6.03 Å².